The summed E-state index contributed by atoms with van der Waals surface area (Å²) in [5, 5.41) is 2.96. The van der Waals surface area contributed by atoms with Gasteiger partial charge in [-0.05, 0) is 43.9 Å². The number of nitrogens with two attached hydrogens (primary N) is 1. The number of carbonyl (C=O) groups is 2. The van der Waals surface area contributed by atoms with Gasteiger partial charge in [-0.25, -0.2) is 0 Å². The number of rotatable bonds is 5. The fraction of sp³-hybridized carbons (Fsp3) is 0.529. The highest BCUT2D eigenvalue weighted by molar-refractivity contribution is 5.93. The smallest absolute Gasteiger partial charge is 0.282 e. The molecule has 2 rings (SSSR count). The van der Waals surface area contributed by atoms with Gasteiger partial charge in [-0.2, -0.15) is 0 Å². The van der Waals surface area contributed by atoms with Crippen LogP contribution in [0.5, 0.6) is 0 Å². The molecule has 0 spiro atoms. The first-order chi connectivity index (χ1) is 10.5. The molecule has 0 bridgehead atoms. The summed E-state index contributed by atoms with van der Waals surface area (Å²) in [4.78, 5) is 24.9. The molecule has 1 saturated heterocycles. The molecule has 0 radical (unpaired) electrons. The summed E-state index contributed by atoms with van der Waals surface area (Å²) in [5.74, 6) is -0.368. The van der Waals surface area contributed by atoms with E-state index in [4.69, 9.17) is 5.73 Å². The van der Waals surface area contributed by atoms with Crippen molar-refractivity contribution in [2.24, 2.45) is 11.7 Å². The molecule has 22 heavy (non-hydrogen) atoms. The number of aryl methyl sites for hydroxylation is 1. The summed E-state index contributed by atoms with van der Waals surface area (Å²) >= 11 is 0. The zero-order chi connectivity index (χ0) is 16.1. The van der Waals surface area contributed by atoms with E-state index in [-0.39, 0.29) is 23.8 Å². The standard InChI is InChI=1S/C17H25N3O2/c1-3-13-6-8-15(9-7-13)19-17(22)12(2)20-10-4-5-14(11-20)16(18)21/h6-9,12,14H,3-5,10-11H2,1-2H3,(H2,18,21)(H,19,22)/p+1/t12-,14+/m1/s1. The summed E-state index contributed by atoms with van der Waals surface area (Å²) in [7, 11) is 0. The number of likely N-dealkylation sites (tertiary alicyclic amines) is 1. The van der Waals surface area contributed by atoms with Crippen LogP contribution in [0.25, 0.3) is 0 Å². The van der Waals surface area contributed by atoms with E-state index < -0.39 is 0 Å². The van der Waals surface area contributed by atoms with Gasteiger partial charge in [0.1, 0.15) is 0 Å². The Morgan fingerprint density at radius 3 is 2.64 bits per heavy atom. The Balaban J connectivity index is 1.94. The molecule has 4 N–H and O–H groups in total. The zero-order valence-corrected chi connectivity index (χ0v) is 13.4. The molecule has 0 saturated carbocycles. The molecule has 2 amide bonds. The second kappa shape index (κ2) is 7.40. The van der Waals surface area contributed by atoms with Crippen LogP contribution in [0.1, 0.15) is 32.3 Å². The Morgan fingerprint density at radius 2 is 2.05 bits per heavy atom. The minimum absolute atomic E-state index is 0.00984. The van der Waals surface area contributed by atoms with E-state index in [1.807, 2.05) is 31.2 Å². The topological polar surface area (TPSA) is 76.6 Å². The molecule has 1 heterocycles. The molecular weight excluding hydrogens is 278 g/mol. The highest BCUT2D eigenvalue weighted by Crippen LogP contribution is 2.11. The maximum absolute atomic E-state index is 12.4. The molecule has 120 valence electrons. The molecular formula is C17H26N3O2+. The van der Waals surface area contributed by atoms with E-state index in [9.17, 15) is 9.59 Å². The van der Waals surface area contributed by atoms with Crippen molar-refractivity contribution in [1.29, 1.82) is 0 Å². The lowest BCUT2D eigenvalue weighted by molar-refractivity contribution is -0.921. The third-order valence-electron chi connectivity index (χ3n) is 4.60. The summed E-state index contributed by atoms with van der Waals surface area (Å²) in [6.07, 6.45) is 2.76. The number of benzene rings is 1. The van der Waals surface area contributed by atoms with Crippen molar-refractivity contribution in [2.75, 3.05) is 18.4 Å². The van der Waals surface area contributed by atoms with Crippen LogP contribution in [-0.4, -0.2) is 30.9 Å². The molecule has 1 aliphatic heterocycles. The molecule has 5 heteroatoms. The first-order valence-corrected chi connectivity index (χ1v) is 8.05. The van der Waals surface area contributed by atoms with E-state index in [1.54, 1.807) is 0 Å². The fourth-order valence-electron chi connectivity index (χ4n) is 2.99. The van der Waals surface area contributed by atoms with Crippen LogP contribution in [0.15, 0.2) is 24.3 Å². The molecule has 1 unspecified atom stereocenters. The number of piperidine rings is 1. The van der Waals surface area contributed by atoms with Gasteiger partial charge in [0.05, 0.1) is 19.0 Å². The number of hydrogen-bond donors (Lipinski definition) is 3. The van der Waals surface area contributed by atoms with Gasteiger partial charge in [0.15, 0.2) is 6.04 Å². The molecule has 5 nitrogen and oxygen atoms in total. The zero-order valence-electron chi connectivity index (χ0n) is 13.4. The normalized spacial score (nSPS) is 22.8. The number of amides is 2. The minimum atomic E-state index is -0.250. The molecule has 0 aliphatic carbocycles. The van der Waals surface area contributed by atoms with Crippen LogP contribution in [0.2, 0.25) is 0 Å². The third kappa shape index (κ3) is 4.07. The van der Waals surface area contributed by atoms with Gasteiger partial charge in [-0.1, -0.05) is 19.1 Å². The van der Waals surface area contributed by atoms with Gasteiger partial charge < -0.3 is 16.0 Å². The highest BCUT2D eigenvalue weighted by Gasteiger charge is 2.33. The quantitative estimate of drug-likeness (QED) is 0.734. The maximum atomic E-state index is 12.4. The van der Waals surface area contributed by atoms with Crippen molar-refractivity contribution in [3.8, 4) is 0 Å². The van der Waals surface area contributed by atoms with Crippen LogP contribution in [0.3, 0.4) is 0 Å². The van der Waals surface area contributed by atoms with Crippen molar-refractivity contribution in [3.63, 3.8) is 0 Å². The molecule has 1 aliphatic rings. The molecule has 1 fully saturated rings. The minimum Gasteiger partial charge on any atom is -0.369 e. The third-order valence-corrected chi connectivity index (χ3v) is 4.60. The van der Waals surface area contributed by atoms with Gasteiger partial charge in [0.2, 0.25) is 5.91 Å². The van der Waals surface area contributed by atoms with Crippen molar-refractivity contribution in [2.45, 2.75) is 39.2 Å². The van der Waals surface area contributed by atoms with E-state index in [1.165, 1.54) is 5.56 Å². The first-order valence-electron chi connectivity index (χ1n) is 8.05. The Kier molecular flexibility index (Phi) is 5.55. The number of carbonyl (C=O) groups excluding carboxylic acids is 2. The fourth-order valence-corrected chi connectivity index (χ4v) is 2.99. The van der Waals surface area contributed by atoms with Gasteiger partial charge in [0, 0.05) is 5.69 Å². The van der Waals surface area contributed by atoms with Gasteiger partial charge >= 0.3 is 0 Å². The van der Waals surface area contributed by atoms with Crippen LogP contribution in [-0.2, 0) is 16.0 Å². The SMILES string of the molecule is CCc1ccc(NC(=O)[C@@H](C)[NH+]2CCC[C@H](C(N)=O)C2)cc1. The van der Waals surface area contributed by atoms with E-state index in [0.717, 1.165) is 36.4 Å². The number of hydrogen-bond acceptors (Lipinski definition) is 2. The lowest BCUT2D eigenvalue weighted by Crippen LogP contribution is -3.18. The number of quaternary nitrogens is 1. The lowest BCUT2D eigenvalue weighted by Gasteiger charge is -2.31. The van der Waals surface area contributed by atoms with Gasteiger partial charge in [-0.3, -0.25) is 9.59 Å². The Bertz CT molecular complexity index is 527. The molecule has 3 atom stereocenters. The van der Waals surface area contributed by atoms with Crippen LogP contribution in [0.4, 0.5) is 5.69 Å². The molecule has 1 aromatic rings. The average Bonchev–Trinajstić information content (AvgIpc) is 2.54. The summed E-state index contributed by atoms with van der Waals surface area (Å²) in [6.45, 7) is 5.57. The molecule has 0 aromatic heterocycles. The number of nitrogens with one attached hydrogen (secondary N) is 2. The van der Waals surface area contributed by atoms with Crippen molar-refractivity contribution in [3.05, 3.63) is 29.8 Å². The van der Waals surface area contributed by atoms with Gasteiger partial charge in [-0.15, -0.1) is 0 Å². The largest absolute Gasteiger partial charge is 0.369 e. The second-order valence-electron chi connectivity index (χ2n) is 6.12. The summed E-state index contributed by atoms with van der Waals surface area (Å²) in [6, 6.07) is 7.73. The predicted molar refractivity (Wildman–Crippen MR) is 86.5 cm³/mol. The molecule has 1 aromatic carbocycles. The van der Waals surface area contributed by atoms with Crippen LogP contribution >= 0.6 is 0 Å². The Labute approximate surface area is 131 Å². The van der Waals surface area contributed by atoms with Crippen LogP contribution in [0, 0.1) is 5.92 Å². The van der Waals surface area contributed by atoms with Crippen molar-refractivity contribution in [1.82, 2.24) is 0 Å². The lowest BCUT2D eigenvalue weighted by atomic mass is 9.96. The average molecular weight is 304 g/mol. The van der Waals surface area contributed by atoms with Crippen molar-refractivity contribution < 1.29 is 14.5 Å². The van der Waals surface area contributed by atoms with E-state index >= 15 is 0 Å². The van der Waals surface area contributed by atoms with Crippen molar-refractivity contribution >= 4 is 17.5 Å². The van der Waals surface area contributed by atoms with E-state index in [2.05, 4.69) is 12.2 Å². The van der Waals surface area contributed by atoms with Crippen LogP contribution < -0.4 is 16.0 Å². The van der Waals surface area contributed by atoms with E-state index in [0.29, 0.717) is 6.54 Å². The maximum Gasteiger partial charge on any atom is 0.282 e. The number of primary amides is 1. The second-order valence-corrected chi connectivity index (χ2v) is 6.12. The Hall–Kier alpha value is -1.88. The summed E-state index contributed by atoms with van der Waals surface area (Å²) in [5.41, 5.74) is 7.47. The first kappa shape index (κ1) is 16.5. The highest BCUT2D eigenvalue weighted by atomic mass is 16.2. The predicted octanol–water partition coefficient (Wildman–Crippen LogP) is 0.356. The Morgan fingerprint density at radius 1 is 1.36 bits per heavy atom. The summed E-state index contributed by atoms with van der Waals surface area (Å²) < 4.78 is 0. The van der Waals surface area contributed by atoms with Gasteiger partial charge in [0.25, 0.3) is 5.91 Å². The number of anilines is 1. The monoisotopic (exact) mass is 304 g/mol.